The van der Waals surface area contributed by atoms with Crippen molar-refractivity contribution in [3.8, 4) is 0 Å². The van der Waals surface area contributed by atoms with E-state index in [1.54, 1.807) is 34.0 Å². The number of aromatic nitrogens is 1. The van der Waals surface area contributed by atoms with Crippen molar-refractivity contribution >= 4 is 11.9 Å². The molecule has 1 unspecified atom stereocenters. The van der Waals surface area contributed by atoms with Crippen LogP contribution in [0.2, 0.25) is 0 Å². The number of aromatic amines is 1. The first-order valence-electron chi connectivity index (χ1n) is 10.3. The first-order chi connectivity index (χ1) is 13.9. The summed E-state index contributed by atoms with van der Waals surface area (Å²) in [5.41, 5.74) is 2.08. The Kier molecular flexibility index (Phi) is 6.79. The largest absolute Gasteiger partial charge is 0.468 e. The molecule has 0 radical (unpaired) electrons. The molecule has 0 bridgehead atoms. The summed E-state index contributed by atoms with van der Waals surface area (Å²) in [6.45, 7) is 9.58. The number of carbonyl (C=O) groups excluding carboxylic acids is 2. The second kappa shape index (κ2) is 9.31. The fourth-order valence-corrected chi connectivity index (χ4v) is 3.95. The Morgan fingerprint density at radius 2 is 1.97 bits per heavy atom. The minimum atomic E-state index is -0.410. The highest BCUT2D eigenvalue weighted by Crippen LogP contribution is 2.25. The number of amides is 1. The van der Waals surface area contributed by atoms with Crippen molar-refractivity contribution < 1.29 is 18.7 Å². The van der Waals surface area contributed by atoms with Crippen molar-refractivity contribution in [1.82, 2.24) is 15.2 Å². The van der Waals surface area contributed by atoms with Gasteiger partial charge >= 0.3 is 5.97 Å². The Labute approximate surface area is 171 Å². The van der Waals surface area contributed by atoms with E-state index in [-0.39, 0.29) is 18.1 Å². The molecule has 1 aliphatic heterocycles. The van der Waals surface area contributed by atoms with E-state index in [2.05, 4.69) is 15.2 Å². The third-order valence-corrected chi connectivity index (χ3v) is 5.37. The Hall–Kier alpha value is -2.54. The average Bonchev–Trinajstić information content (AvgIpc) is 3.30. The van der Waals surface area contributed by atoms with Crippen LogP contribution in [0.3, 0.4) is 0 Å². The van der Waals surface area contributed by atoms with E-state index in [0.717, 1.165) is 31.7 Å². The average molecular weight is 402 g/mol. The maximum absolute atomic E-state index is 12.9. The van der Waals surface area contributed by atoms with Gasteiger partial charge in [-0.25, -0.2) is 4.79 Å². The van der Waals surface area contributed by atoms with Gasteiger partial charge < -0.3 is 19.5 Å². The summed E-state index contributed by atoms with van der Waals surface area (Å²) in [6.07, 6.45) is 5.00. The van der Waals surface area contributed by atoms with E-state index in [1.165, 1.54) is 6.42 Å². The summed E-state index contributed by atoms with van der Waals surface area (Å²) in [4.78, 5) is 30.7. The van der Waals surface area contributed by atoms with Crippen LogP contribution < -0.4 is 5.32 Å². The number of aryl methyl sites for hydroxylation is 1. The number of likely N-dealkylation sites (tertiary alicyclic amines) is 1. The van der Waals surface area contributed by atoms with E-state index in [1.807, 2.05) is 12.1 Å². The number of piperidine rings is 1. The molecule has 7 heteroatoms. The summed E-state index contributed by atoms with van der Waals surface area (Å²) in [7, 11) is 0. The smallest absolute Gasteiger partial charge is 0.340 e. The summed E-state index contributed by atoms with van der Waals surface area (Å²) in [5.74, 6) is 0.211. The Morgan fingerprint density at radius 3 is 2.59 bits per heavy atom. The number of H-pyrrole nitrogens is 1. The van der Waals surface area contributed by atoms with Crippen LogP contribution in [-0.2, 0) is 4.74 Å². The van der Waals surface area contributed by atoms with Crippen LogP contribution >= 0.6 is 0 Å². The number of rotatable bonds is 7. The van der Waals surface area contributed by atoms with E-state index >= 15 is 0 Å². The van der Waals surface area contributed by atoms with Gasteiger partial charge in [0.25, 0.3) is 5.91 Å². The monoisotopic (exact) mass is 401 g/mol. The highest BCUT2D eigenvalue weighted by Gasteiger charge is 2.27. The van der Waals surface area contributed by atoms with E-state index in [9.17, 15) is 9.59 Å². The highest BCUT2D eigenvalue weighted by molar-refractivity contribution is 6.00. The lowest BCUT2D eigenvalue weighted by Gasteiger charge is -2.33. The second-order valence-corrected chi connectivity index (χ2v) is 7.92. The van der Waals surface area contributed by atoms with Gasteiger partial charge in [0, 0.05) is 12.2 Å². The molecule has 2 aromatic rings. The van der Waals surface area contributed by atoms with Gasteiger partial charge in [-0.2, -0.15) is 0 Å². The summed E-state index contributed by atoms with van der Waals surface area (Å²) < 4.78 is 10.9. The van der Waals surface area contributed by atoms with Crippen molar-refractivity contribution in [3.63, 3.8) is 0 Å². The molecular formula is C22H31N3O4. The number of nitrogens with zero attached hydrogens (tertiary/aromatic N) is 1. The first-order valence-corrected chi connectivity index (χ1v) is 10.3. The first kappa shape index (κ1) is 21.2. The molecule has 3 heterocycles. The van der Waals surface area contributed by atoms with Crippen LogP contribution in [0.25, 0.3) is 0 Å². The molecule has 0 spiro atoms. The molecule has 0 saturated carbocycles. The van der Waals surface area contributed by atoms with Crippen molar-refractivity contribution in [3.05, 3.63) is 46.7 Å². The van der Waals surface area contributed by atoms with Gasteiger partial charge in [-0.1, -0.05) is 6.42 Å². The van der Waals surface area contributed by atoms with Crippen LogP contribution in [0, 0.1) is 13.8 Å². The third-order valence-electron chi connectivity index (χ3n) is 5.37. The molecule has 29 heavy (non-hydrogen) atoms. The molecule has 1 atom stereocenters. The minimum absolute atomic E-state index is 0.00371. The molecule has 2 N–H and O–H groups in total. The Bertz CT molecular complexity index is 833. The molecule has 0 aliphatic carbocycles. The van der Waals surface area contributed by atoms with Gasteiger partial charge in [0.15, 0.2) is 0 Å². The van der Waals surface area contributed by atoms with E-state index in [4.69, 9.17) is 9.15 Å². The lowest BCUT2D eigenvalue weighted by Crippen LogP contribution is -2.40. The molecule has 1 aliphatic rings. The molecule has 1 saturated heterocycles. The maximum Gasteiger partial charge on any atom is 0.340 e. The molecule has 2 aromatic heterocycles. The number of esters is 1. The summed E-state index contributed by atoms with van der Waals surface area (Å²) >= 11 is 0. The van der Waals surface area contributed by atoms with Crippen molar-refractivity contribution in [1.29, 1.82) is 0 Å². The third kappa shape index (κ3) is 4.90. The molecule has 7 nitrogen and oxygen atoms in total. The number of hydrogen-bond acceptors (Lipinski definition) is 5. The van der Waals surface area contributed by atoms with Crippen LogP contribution in [0.5, 0.6) is 0 Å². The second-order valence-electron chi connectivity index (χ2n) is 7.92. The standard InChI is InChI=1S/C22H31N3O4/c1-14(2)29-22(27)19-15(3)20(24-16(19)4)21(26)23-13-17(18-9-8-12-28-18)25-10-6-5-7-11-25/h8-9,12,14,17,24H,5-7,10-11,13H2,1-4H3,(H,23,26). The normalized spacial score (nSPS) is 16.0. The fourth-order valence-electron chi connectivity index (χ4n) is 3.95. The molecule has 0 aromatic carbocycles. The topological polar surface area (TPSA) is 87.6 Å². The van der Waals surface area contributed by atoms with Gasteiger partial charge in [0.05, 0.1) is 24.0 Å². The fraction of sp³-hybridized carbons (Fsp3) is 0.545. The number of nitrogens with one attached hydrogen (secondary N) is 2. The highest BCUT2D eigenvalue weighted by atomic mass is 16.5. The van der Waals surface area contributed by atoms with E-state index in [0.29, 0.717) is 29.1 Å². The Morgan fingerprint density at radius 1 is 1.24 bits per heavy atom. The van der Waals surface area contributed by atoms with Gasteiger partial charge in [-0.15, -0.1) is 0 Å². The predicted octanol–water partition coefficient (Wildman–Crippen LogP) is 3.75. The summed E-state index contributed by atoms with van der Waals surface area (Å²) in [6, 6.07) is 3.82. The van der Waals surface area contributed by atoms with Crippen LogP contribution in [0.4, 0.5) is 0 Å². The summed E-state index contributed by atoms with van der Waals surface area (Å²) in [5, 5.41) is 3.02. The SMILES string of the molecule is Cc1[nH]c(C(=O)NCC(c2ccco2)N2CCCCC2)c(C)c1C(=O)OC(C)C. The van der Waals surface area contributed by atoms with Crippen LogP contribution in [0.15, 0.2) is 22.8 Å². The molecular weight excluding hydrogens is 370 g/mol. The van der Waals surface area contributed by atoms with Crippen molar-refractivity contribution in [2.45, 2.75) is 59.1 Å². The Balaban J connectivity index is 1.73. The maximum atomic E-state index is 12.9. The van der Waals surface area contributed by atoms with Gasteiger partial charge in [0.1, 0.15) is 11.5 Å². The molecule has 3 rings (SSSR count). The van der Waals surface area contributed by atoms with Crippen molar-refractivity contribution in [2.75, 3.05) is 19.6 Å². The van der Waals surface area contributed by atoms with Crippen LogP contribution in [-0.4, -0.2) is 47.5 Å². The molecule has 158 valence electrons. The molecule has 1 fully saturated rings. The minimum Gasteiger partial charge on any atom is -0.468 e. The zero-order valence-corrected chi connectivity index (χ0v) is 17.7. The number of furan rings is 1. The zero-order valence-electron chi connectivity index (χ0n) is 17.7. The number of ether oxygens (including phenoxy) is 1. The molecule has 1 amide bonds. The lowest BCUT2D eigenvalue weighted by molar-refractivity contribution is 0.0376. The predicted molar refractivity (Wildman–Crippen MR) is 110 cm³/mol. The lowest BCUT2D eigenvalue weighted by atomic mass is 10.1. The van der Waals surface area contributed by atoms with E-state index < -0.39 is 5.97 Å². The number of carbonyl (C=O) groups is 2. The number of hydrogen-bond donors (Lipinski definition) is 2. The van der Waals surface area contributed by atoms with Gasteiger partial charge in [-0.05, 0) is 71.3 Å². The van der Waals surface area contributed by atoms with Gasteiger partial charge in [0.2, 0.25) is 0 Å². The van der Waals surface area contributed by atoms with Crippen molar-refractivity contribution in [2.24, 2.45) is 0 Å². The quantitative estimate of drug-likeness (QED) is 0.690. The van der Waals surface area contributed by atoms with Gasteiger partial charge in [-0.3, -0.25) is 9.69 Å². The van der Waals surface area contributed by atoms with Crippen LogP contribution in [0.1, 0.15) is 77.0 Å². The zero-order chi connectivity index (χ0) is 21.0.